The summed E-state index contributed by atoms with van der Waals surface area (Å²) in [6.45, 7) is 6.76. The van der Waals surface area contributed by atoms with Crippen LogP contribution in [0.4, 0.5) is 0 Å². The maximum absolute atomic E-state index is 11.4. The van der Waals surface area contributed by atoms with Crippen LogP contribution < -0.4 is 4.74 Å². The number of hydrogen-bond donors (Lipinski definition) is 0. The van der Waals surface area contributed by atoms with Crippen molar-refractivity contribution < 1.29 is 13.9 Å². The van der Waals surface area contributed by atoms with Crippen LogP contribution in [-0.4, -0.2) is 17.9 Å². The molecule has 1 heterocycles. The van der Waals surface area contributed by atoms with Gasteiger partial charge in [0.05, 0.1) is 12.2 Å². The van der Waals surface area contributed by atoms with Gasteiger partial charge in [-0.1, -0.05) is 38.3 Å². The lowest BCUT2D eigenvalue weighted by molar-refractivity contribution is 0.111. The maximum atomic E-state index is 11.4. The Morgan fingerprint density at radius 1 is 1.12 bits per heavy atom. The first-order valence-corrected chi connectivity index (χ1v) is 9.23. The number of aromatic nitrogens is 1. The fraction of sp³-hybridized carbons (Fsp3) is 0.364. The van der Waals surface area contributed by atoms with E-state index in [1.807, 2.05) is 44.2 Å². The van der Waals surface area contributed by atoms with Crippen molar-refractivity contribution in [3.63, 3.8) is 0 Å². The number of ether oxygens (including phenoxy) is 1. The van der Waals surface area contributed by atoms with E-state index in [1.165, 1.54) is 12.8 Å². The molecule has 4 nitrogen and oxygen atoms in total. The number of oxazole rings is 1. The second-order valence-electron chi connectivity index (χ2n) is 6.67. The minimum Gasteiger partial charge on any atom is -0.493 e. The highest BCUT2D eigenvalue weighted by Crippen LogP contribution is 2.32. The molecular weight excluding hydrogens is 326 g/mol. The topological polar surface area (TPSA) is 52.3 Å². The predicted molar refractivity (Wildman–Crippen MR) is 104 cm³/mol. The Hall–Kier alpha value is -2.62. The number of carbonyl (C=O) groups is 1. The van der Waals surface area contributed by atoms with Crippen LogP contribution >= 0.6 is 0 Å². The fourth-order valence-electron chi connectivity index (χ4n) is 3.07. The first-order chi connectivity index (χ1) is 12.6. The third kappa shape index (κ3) is 3.79. The smallest absolute Gasteiger partial charge is 0.227 e. The van der Waals surface area contributed by atoms with E-state index < -0.39 is 0 Å². The molecule has 0 atom stereocenters. The quantitative estimate of drug-likeness (QED) is 0.375. The summed E-state index contributed by atoms with van der Waals surface area (Å²) in [5, 5.41) is 0. The van der Waals surface area contributed by atoms with Gasteiger partial charge in [-0.3, -0.25) is 4.79 Å². The molecule has 0 unspecified atom stereocenters. The van der Waals surface area contributed by atoms with E-state index in [0.717, 1.165) is 46.9 Å². The molecule has 0 saturated carbocycles. The molecule has 3 aromatic rings. The maximum Gasteiger partial charge on any atom is 0.227 e. The van der Waals surface area contributed by atoms with Crippen LogP contribution in [0.3, 0.4) is 0 Å². The van der Waals surface area contributed by atoms with Crippen molar-refractivity contribution >= 4 is 17.4 Å². The molecule has 0 aliphatic heterocycles. The summed E-state index contributed by atoms with van der Waals surface area (Å²) in [6, 6.07) is 9.60. The van der Waals surface area contributed by atoms with Gasteiger partial charge in [0.15, 0.2) is 11.9 Å². The Labute approximate surface area is 154 Å². The van der Waals surface area contributed by atoms with Crippen molar-refractivity contribution in [3.05, 3.63) is 47.0 Å². The molecule has 0 bridgehead atoms. The third-order valence-corrected chi connectivity index (χ3v) is 4.59. The molecule has 0 radical (unpaired) electrons. The highest BCUT2D eigenvalue weighted by molar-refractivity contribution is 5.84. The normalized spacial score (nSPS) is 11.0. The highest BCUT2D eigenvalue weighted by Gasteiger charge is 2.15. The second-order valence-corrected chi connectivity index (χ2v) is 6.67. The van der Waals surface area contributed by atoms with E-state index in [4.69, 9.17) is 9.15 Å². The lowest BCUT2D eigenvalue weighted by Gasteiger charge is -2.11. The van der Waals surface area contributed by atoms with Crippen LogP contribution in [0, 0.1) is 13.8 Å². The summed E-state index contributed by atoms with van der Waals surface area (Å²) < 4.78 is 11.8. The van der Waals surface area contributed by atoms with E-state index >= 15 is 0 Å². The predicted octanol–water partition coefficient (Wildman–Crippen LogP) is 5.88. The van der Waals surface area contributed by atoms with Crippen LogP contribution in [-0.2, 0) is 0 Å². The van der Waals surface area contributed by atoms with Crippen molar-refractivity contribution in [3.8, 4) is 17.2 Å². The molecule has 0 saturated heterocycles. The van der Waals surface area contributed by atoms with E-state index in [1.54, 1.807) is 0 Å². The average Bonchev–Trinajstić information content (AvgIpc) is 3.07. The Kier molecular flexibility index (Phi) is 5.71. The van der Waals surface area contributed by atoms with Gasteiger partial charge in [-0.25, -0.2) is 4.98 Å². The van der Waals surface area contributed by atoms with E-state index in [2.05, 4.69) is 11.9 Å². The largest absolute Gasteiger partial charge is 0.493 e. The Balaban J connectivity index is 1.92. The van der Waals surface area contributed by atoms with Gasteiger partial charge in [-0.05, 0) is 49.6 Å². The molecular formula is C22H25NO3. The molecule has 3 rings (SSSR count). The first-order valence-electron chi connectivity index (χ1n) is 9.23. The van der Waals surface area contributed by atoms with E-state index in [-0.39, 0.29) is 0 Å². The summed E-state index contributed by atoms with van der Waals surface area (Å²) in [5.41, 5.74) is 5.06. The average molecular weight is 351 g/mol. The molecule has 0 amide bonds. The monoisotopic (exact) mass is 351 g/mol. The second kappa shape index (κ2) is 8.17. The summed E-state index contributed by atoms with van der Waals surface area (Å²) in [5.74, 6) is 1.15. The summed E-state index contributed by atoms with van der Waals surface area (Å²) in [6.07, 6.45) is 5.35. The standard InChI is InChI=1S/C22H25NO3/c1-4-5-6-7-11-25-20-13-18(16(3)12-17(20)14-24)22-23-21-15(2)9-8-10-19(21)26-22/h8-10,12-14H,4-7,11H2,1-3H3. The fourth-order valence-corrected chi connectivity index (χ4v) is 3.07. The Bertz CT molecular complexity index is 911. The zero-order chi connectivity index (χ0) is 18.5. The van der Waals surface area contributed by atoms with Crippen molar-refractivity contribution in [2.75, 3.05) is 6.61 Å². The molecule has 136 valence electrons. The van der Waals surface area contributed by atoms with Crippen molar-refractivity contribution in [1.29, 1.82) is 0 Å². The number of benzene rings is 2. The minimum atomic E-state index is 0.556. The van der Waals surface area contributed by atoms with Gasteiger partial charge >= 0.3 is 0 Å². The Morgan fingerprint density at radius 2 is 1.96 bits per heavy atom. The van der Waals surface area contributed by atoms with Gasteiger partial charge in [-0.2, -0.15) is 0 Å². The number of aldehydes is 1. The number of fused-ring (bicyclic) bond motifs is 1. The number of hydrogen-bond acceptors (Lipinski definition) is 4. The molecule has 0 fully saturated rings. The van der Waals surface area contributed by atoms with Gasteiger partial charge in [-0.15, -0.1) is 0 Å². The van der Waals surface area contributed by atoms with Gasteiger partial charge in [0, 0.05) is 5.56 Å². The number of carbonyl (C=O) groups excluding carboxylic acids is 1. The van der Waals surface area contributed by atoms with Crippen LogP contribution in [0.1, 0.15) is 54.1 Å². The van der Waals surface area contributed by atoms with Crippen molar-refractivity contribution in [2.24, 2.45) is 0 Å². The van der Waals surface area contributed by atoms with Crippen LogP contribution in [0.2, 0.25) is 0 Å². The van der Waals surface area contributed by atoms with Crippen LogP contribution in [0.5, 0.6) is 5.75 Å². The molecule has 0 N–H and O–H groups in total. The van der Waals surface area contributed by atoms with Crippen LogP contribution in [0.25, 0.3) is 22.6 Å². The zero-order valence-electron chi connectivity index (χ0n) is 15.7. The molecule has 26 heavy (non-hydrogen) atoms. The molecule has 0 aliphatic carbocycles. The molecule has 4 heteroatoms. The number of para-hydroxylation sites is 1. The van der Waals surface area contributed by atoms with Gasteiger partial charge in [0.25, 0.3) is 0 Å². The minimum absolute atomic E-state index is 0.556. The van der Waals surface area contributed by atoms with Crippen molar-refractivity contribution in [2.45, 2.75) is 46.5 Å². The van der Waals surface area contributed by atoms with Crippen LogP contribution in [0.15, 0.2) is 34.7 Å². The number of unbranched alkanes of at least 4 members (excludes halogenated alkanes) is 3. The molecule has 1 aromatic heterocycles. The lowest BCUT2D eigenvalue weighted by Crippen LogP contribution is -2.01. The zero-order valence-corrected chi connectivity index (χ0v) is 15.7. The SMILES string of the molecule is CCCCCCOc1cc(-c2nc3c(C)cccc3o2)c(C)cc1C=O. The van der Waals surface area contributed by atoms with Crippen molar-refractivity contribution in [1.82, 2.24) is 4.98 Å². The molecule has 2 aromatic carbocycles. The van der Waals surface area contributed by atoms with Gasteiger partial charge in [0.2, 0.25) is 5.89 Å². The summed E-state index contributed by atoms with van der Waals surface area (Å²) >= 11 is 0. The molecule has 0 spiro atoms. The third-order valence-electron chi connectivity index (χ3n) is 4.59. The Morgan fingerprint density at radius 3 is 2.69 bits per heavy atom. The number of nitrogens with zero attached hydrogens (tertiary/aromatic N) is 1. The lowest BCUT2D eigenvalue weighted by atomic mass is 10.0. The summed E-state index contributed by atoms with van der Waals surface area (Å²) in [4.78, 5) is 16.1. The van der Waals surface area contributed by atoms with Gasteiger partial charge < -0.3 is 9.15 Å². The van der Waals surface area contributed by atoms with Gasteiger partial charge in [0.1, 0.15) is 11.3 Å². The number of rotatable bonds is 8. The highest BCUT2D eigenvalue weighted by atomic mass is 16.5. The molecule has 0 aliphatic rings. The van der Waals surface area contributed by atoms with E-state index in [9.17, 15) is 4.79 Å². The van der Waals surface area contributed by atoms with E-state index in [0.29, 0.717) is 23.8 Å². The summed E-state index contributed by atoms with van der Waals surface area (Å²) in [7, 11) is 0. The first kappa shape index (κ1) is 18.2. The number of aryl methyl sites for hydroxylation is 2.